The van der Waals surface area contributed by atoms with E-state index in [1.165, 1.54) is 0 Å². The summed E-state index contributed by atoms with van der Waals surface area (Å²) in [6.45, 7) is 0.817. The van der Waals surface area contributed by atoms with Gasteiger partial charge < -0.3 is 21.1 Å². The Labute approximate surface area is 159 Å². The number of hydrogen-bond acceptors (Lipinski definition) is 5. The quantitative estimate of drug-likeness (QED) is 0.515. The van der Waals surface area contributed by atoms with Crippen LogP contribution in [0.15, 0.2) is 36.4 Å². The van der Waals surface area contributed by atoms with Gasteiger partial charge in [-0.1, -0.05) is 17.7 Å². The number of nitrogen functional groups attached to an aromatic ring is 1. The molecule has 0 aliphatic carbocycles. The van der Waals surface area contributed by atoms with Gasteiger partial charge in [-0.05, 0) is 42.8 Å². The largest absolute Gasteiger partial charge is 0.452 e. The van der Waals surface area contributed by atoms with E-state index in [4.69, 9.17) is 22.1 Å². The predicted octanol–water partition coefficient (Wildman–Crippen LogP) is 2.28. The van der Waals surface area contributed by atoms with Gasteiger partial charge in [-0.15, -0.1) is 0 Å². The van der Waals surface area contributed by atoms with E-state index in [1.54, 1.807) is 25.1 Å². The van der Waals surface area contributed by atoms with Crippen molar-refractivity contribution in [1.29, 1.82) is 0 Å². The second-order valence-electron chi connectivity index (χ2n) is 5.55. The van der Waals surface area contributed by atoms with Crippen molar-refractivity contribution >= 4 is 40.8 Å². The lowest BCUT2D eigenvalue weighted by atomic mass is 10.2. The molecule has 2 aromatic carbocycles. The average molecular weight is 394 g/mol. The van der Waals surface area contributed by atoms with E-state index < -0.39 is 30.2 Å². The Hall–Kier alpha value is -3.13. The molecule has 142 valence electrons. The minimum absolute atomic E-state index is 0.0571. The number of rotatable bonds is 6. The van der Waals surface area contributed by atoms with Gasteiger partial charge in [-0.25, -0.2) is 9.18 Å². The summed E-state index contributed by atoms with van der Waals surface area (Å²) in [5, 5.41) is 5.43. The van der Waals surface area contributed by atoms with Gasteiger partial charge in [0.05, 0.1) is 12.1 Å². The molecule has 0 aromatic heterocycles. The van der Waals surface area contributed by atoms with Crippen LogP contribution in [0.25, 0.3) is 0 Å². The second kappa shape index (κ2) is 9.00. The molecule has 2 aromatic rings. The summed E-state index contributed by atoms with van der Waals surface area (Å²) >= 11 is 5.97. The minimum Gasteiger partial charge on any atom is -0.452 e. The molecule has 0 fully saturated rings. The first-order valence-electron chi connectivity index (χ1n) is 7.81. The Bertz CT molecular complexity index is 889. The summed E-state index contributed by atoms with van der Waals surface area (Å²) in [5.74, 6) is -2.62. The number of nitrogens with two attached hydrogens (primary N) is 1. The van der Waals surface area contributed by atoms with Gasteiger partial charge in [0.15, 0.2) is 6.61 Å². The molecule has 0 unspecified atom stereocenters. The lowest BCUT2D eigenvalue weighted by Gasteiger charge is -2.10. The van der Waals surface area contributed by atoms with Crippen molar-refractivity contribution in [2.45, 2.75) is 6.92 Å². The lowest BCUT2D eigenvalue weighted by Crippen LogP contribution is -2.35. The van der Waals surface area contributed by atoms with Crippen LogP contribution < -0.4 is 16.4 Å². The van der Waals surface area contributed by atoms with Crippen LogP contribution in [0.3, 0.4) is 0 Å². The molecule has 27 heavy (non-hydrogen) atoms. The summed E-state index contributed by atoms with van der Waals surface area (Å²) < 4.78 is 17.8. The molecule has 0 heterocycles. The van der Waals surface area contributed by atoms with Crippen molar-refractivity contribution in [3.05, 3.63) is 58.4 Å². The van der Waals surface area contributed by atoms with E-state index in [0.717, 1.165) is 18.2 Å². The van der Waals surface area contributed by atoms with Crippen LogP contribution in [0.1, 0.15) is 15.9 Å². The fourth-order valence-electron chi connectivity index (χ4n) is 2.10. The number of carbonyl (C=O) groups is 3. The maximum atomic E-state index is 13.0. The number of nitrogens with one attached hydrogen (secondary N) is 2. The highest BCUT2D eigenvalue weighted by molar-refractivity contribution is 6.31. The maximum absolute atomic E-state index is 13.0. The van der Waals surface area contributed by atoms with Crippen molar-refractivity contribution in [1.82, 2.24) is 5.32 Å². The van der Waals surface area contributed by atoms with Gasteiger partial charge in [0.25, 0.3) is 5.91 Å². The molecule has 4 N–H and O–H groups in total. The molecular weight excluding hydrogens is 377 g/mol. The third kappa shape index (κ3) is 5.68. The van der Waals surface area contributed by atoms with Crippen LogP contribution in [0, 0.1) is 12.7 Å². The zero-order valence-electron chi connectivity index (χ0n) is 14.3. The van der Waals surface area contributed by atoms with Gasteiger partial charge in [-0.3, -0.25) is 9.59 Å². The van der Waals surface area contributed by atoms with Crippen LogP contribution >= 0.6 is 11.6 Å². The monoisotopic (exact) mass is 393 g/mol. The minimum atomic E-state index is -0.873. The SMILES string of the molecule is Cc1c(Cl)cccc1NC(=O)CNC(=O)COC(=O)c1ccc(F)cc1N. The van der Waals surface area contributed by atoms with Crippen molar-refractivity contribution in [3.63, 3.8) is 0 Å². The Balaban J connectivity index is 1.79. The fourth-order valence-corrected chi connectivity index (χ4v) is 2.27. The van der Waals surface area contributed by atoms with Gasteiger partial charge in [0.1, 0.15) is 5.82 Å². The van der Waals surface area contributed by atoms with E-state index >= 15 is 0 Å². The topological polar surface area (TPSA) is 111 Å². The van der Waals surface area contributed by atoms with Gasteiger partial charge in [0.2, 0.25) is 5.91 Å². The molecule has 9 heteroatoms. The van der Waals surface area contributed by atoms with Gasteiger partial charge in [-0.2, -0.15) is 0 Å². The highest BCUT2D eigenvalue weighted by Crippen LogP contribution is 2.22. The normalized spacial score (nSPS) is 10.2. The number of carbonyl (C=O) groups excluding carboxylic acids is 3. The van der Waals surface area contributed by atoms with Gasteiger partial charge >= 0.3 is 5.97 Å². The van der Waals surface area contributed by atoms with Crippen molar-refractivity contribution in [2.75, 3.05) is 24.2 Å². The Kier molecular flexibility index (Phi) is 6.73. The number of benzene rings is 2. The third-order valence-electron chi connectivity index (χ3n) is 3.56. The van der Waals surface area contributed by atoms with Crippen molar-refractivity contribution in [3.8, 4) is 0 Å². The fraction of sp³-hybridized carbons (Fsp3) is 0.167. The molecule has 0 atom stereocenters. The predicted molar refractivity (Wildman–Crippen MR) is 98.9 cm³/mol. The molecule has 0 saturated carbocycles. The van der Waals surface area contributed by atoms with Crippen LogP contribution in [-0.2, 0) is 14.3 Å². The first kappa shape index (κ1) is 20.2. The molecule has 0 saturated heterocycles. The molecule has 2 amide bonds. The standard InChI is InChI=1S/C18H17ClFN3O4/c1-10-13(19)3-2-4-15(10)23-16(24)8-22-17(25)9-27-18(26)12-6-5-11(20)7-14(12)21/h2-7H,8-9,21H2,1H3,(H,22,25)(H,23,24). The van der Waals surface area contributed by atoms with E-state index in [9.17, 15) is 18.8 Å². The number of ether oxygens (including phenoxy) is 1. The summed E-state index contributed by atoms with van der Waals surface area (Å²) in [6.07, 6.45) is 0. The molecule has 7 nitrogen and oxygen atoms in total. The number of esters is 1. The highest BCUT2D eigenvalue weighted by atomic mass is 35.5. The summed E-state index contributed by atoms with van der Waals surface area (Å²) in [7, 11) is 0. The van der Waals surface area contributed by atoms with Crippen LogP contribution in [0.4, 0.5) is 15.8 Å². The smallest absolute Gasteiger partial charge is 0.340 e. The second-order valence-corrected chi connectivity index (χ2v) is 5.95. The number of hydrogen-bond donors (Lipinski definition) is 3. The molecule has 0 aliphatic heterocycles. The van der Waals surface area contributed by atoms with Crippen molar-refractivity contribution < 1.29 is 23.5 Å². The average Bonchev–Trinajstić information content (AvgIpc) is 2.62. The zero-order chi connectivity index (χ0) is 20.0. The Morgan fingerprint density at radius 3 is 2.63 bits per heavy atom. The first-order chi connectivity index (χ1) is 12.8. The van der Waals surface area contributed by atoms with E-state index in [1.807, 2.05) is 0 Å². The molecule has 0 bridgehead atoms. The summed E-state index contributed by atoms with van der Waals surface area (Å²) in [6, 6.07) is 8.23. The van der Waals surface area contributed by atoms with Crippen molar-refractivity contribution in [2.24, 2.45) is 0 Å². The van der Waals surface area contributed by atoms with E-state index in [0.29, 0.717) is 16.3 Å². The first-order valence-corrected chi connectivity index (χ1v) is 8.19. The Morgan fingerprint density at radius 1 is 1.19 bits per heavy atom. The van der Waals surface area contributed by atoms with Gasteiger partial charge in [0, 0.05) is 16.4 Å². The summed E-state index contributed by atoms with van der Waals surface area (Å²) in [4.78, 5) is 35.4. The molecule has 0 radical (unpaired) electrons. The van der Waals surface area contributed by atoms with Crippen LogP contribution in [0.5, 0.6) is 0 Å². The Morgan fingerprint density at radius 2 is 1.93 bits per heavy atom. The zero-order valence-corrected chi connectivity index (χ0v) is 15.1. The number of anilines is 2. The summed E-state index contributed by atoms with van der Waals surface area (Å²) in [5.41, 5.74) is 6.59. The molecule has 0 spiro atoms. The molecule has 2 rings (SSSR count). The number of amides is 2. The highest BCUT2D eigenvalue weighted by Gasteiger charge is 2.14. The van der Waals surface area contributed by atoms with E-state index in [-0.39, 0.29) is 17.8 Å². The lowest BCUT2D eigenvalue weighted by molar-refractivity contribution is -0.126. The third-order valence-corrected chi connectivity index (χ3v) is 3.97. The molecule has 0 aliphatic rings. The maximum Gasteiger partial charge on any atom is 0.340 e. The number of halogens is 2. The molecular formula is C18H17ClFN3O4. The van der Waals surface area contributed by atoms with E-state index in [2.05, 4.69) is 10.6 Å². The van der Waals surface area contributed by atoms with Crippen LogP contribution in [0.2, 0.25) is 5.02 Å². The van der Waals surface area contributed by atoms with Crippen LogP contribution in [-0.4, -0.2) is 30.9 Å².